The van der Waals surface area contributed by atoms with Crippen LogP contribution in [-0.4, -0.2) is 28.4 Å². The van der Waals surface area contributed by atoms with Crippen LogP contribution in [0.5, 0.6) is 0 Å². The molecule has 3 heteroatoms. The van der Waals surface area contributed by atoms with Crippen molar-refractivity contribution in [3.63, 3.8) is 0 Å². The van der Waals surface area contributed by atoms with Crippen LogP contribution in [0.4, 0.5) is 0 Å². The van der Waals surface area contributed by atoms with Crippen molar-refractivity contribution < 1.29 is 10.4 Å². The molecule has 1 fully saturated rings. The van der Waals surface area contributed by atoms with Crippen LogP contribution in [0.15, 0.2) is 48.5 Å². The first-order valence-corrected chi connectivity index (χ1v) is 8.80. The average molecular weight is 309 g/mol. The topological polar surface area (TPSA) is 41.8 Å². The molecule has 0 unspecified atom stereocenters. The van der Waals surface area contributed by atoms with Crippen molar-refractivity contribution in [2.75, 3.05) is 6.54 Å². The van der Waals surface area contributed by atoms with Gasteiger partial charge in [0, 0.05) is 21.8 Å². The molecule has 2 aromatic carbocycles. The maximum absolute atomic E-state index is 10.5. The summed E-state index contributed by atoms with van der Waals surface area (Å²) in [5, 5.41) is 15.4. The summed E-state index contributed by atoms with van der Waals surface area (Å²) in [5.74, 6) is 0. The van der Waals surface area contributed by atoms with Crippen LogP contribution in [0, 0.1) is 0 Å². The zero-order valence-electron chi connectivity index (χ0n) is 13.5. The Morgan fingerprint density at radius 2 is 1.52 bits per heavy atom. The minimum atomic E-state index is -0.310. The highest BCUT2D eigenvalue weighted by molar-refractivity contribution is 6.07. The Hall–Kier alpha value is -1.84. The molecule has 0 amide bonds. The van der Waals surface area contributed by atoms with Crippen LogP contribution < -0.4 is 5.32 Å². The van der Waals surface area contributed by atoms with Gasteiger partial charge in [-0.3, -0.25) is 0 Å². The Bertz CT molecular complexity index is 748. The van der Waals surface area contributed by atoms with Crippen LogP contribution in [-0.2, 0) is 6.54 Å². The molecular weight excluding hydrogens is 284 g/mol. The van der Waals surface area contributed by atoms with E-state index in [-0.39, 0.29) is 6.10 Å². The van der Waals surface area contributed by atoms with Gasteiger partial charge in [0.2, 0.25) is 0 Å². The third-order valence-corrected chi connectivity index (χ3v) is 5.21. The Morgan fingerprint density at radius 3 is 2.13 bits per heavy atom. The fraction of sp³-hybridized carbons (Fsp3) is 0.400. The van der Waals surface area contributed by atoms with Gasteiger partial charge in [-0.2, -0.15) is 0 Å². The van der Waals surface area contributed by atoms with E-state index in [0.29, 0.717) is 6.54 Å². The van der Waals surface area contributed by atoms with Crippen LogP contribution in [0.1, 0.15) is 25.7 Å². The molecule has 23 heavy (non-hydrogen) atoms. The molecule has 1 heterocycles. The maximum atomic E-state index is 10.5. The van der Waals surface area contributed by atoms with Gasteiger partial charge in [-0.25, -0.2) is 0 Å². The predicted octanol–water partition coefficient (Wildman–Crippen LogP) is 2.66. The molecule has 0 spiro atoms. The van der Waals surface area contributed by atoms with E-state index in [1.807, 2.05) is 0 Å². The van der Waals surface area contributed by atoms with Crippen LogP contribution in [0.2, 0.25) is 0 Å². The quantitative estimate of drug-likeness (QED) is 0.747. The van der Waals surface area contributed by atoms with E-state index in [9.17, 15) is 5.11 Å². The summed E-state index contributed by atoms with van der Waals surface area (Å²) in [5.41, 5.74) is 2.43. The third-order valence-electron chi connectivity index (χ3n) is 5.21. The molecule has 3 aromatic rings. The number of rotatable bonds is 5. The zero-order valence-corrected chi connectivity index (χ0v) is 13.5. The minimum absolute atomic E-state index is 0.310. The van der Waals surface area contributed by atoms with Crippen molar-refractivity contribution >= 4 is 21.8 Å². The predicted molar refractivity (Wildman–Crippen MR) is 94.5 cm³/mol. The van der Waals surface area contributed by atoms with Gasteiger partial charge in [-0.05, 0) is 37.8 Å². The summed E-state index contributed by atoms with van der Waals surface area (Å²) in [6, 6.07) is 17.7. The summed E-state index contributed by atoms with van der Waals surface area (Å²) in [6.07, 6.45) is 5.01. The van der Waals surface area contributed by atoms with Gasteiger partial charge < -0.3 is 15.0 Å². The second-order valence-corrected chi connectivity index (χ2v) is 6.81. The van der Waals surface area contributed by atoms with E-state index in [1.54, 1.807) is 0 Å². The maximum Gasteiger partial charge on any atom is 0.121 e. The van der Waals surface area contributed by atoms with Crippen molar-refractivity contribution in [2.24, 2.45) is 0 Å². The van der Waals surface area contributed by atoms with E-state index in [2.05, 4.69) is 58.4 Å². The van der Waals surface area contributed by atoms with Crippen LogP contribution >= 0.6 is 0 Å². The van der Waals surface area contributed by atoms with E-state index in [1.165, 1.54) is 47.5 Å². The Labute approximate surface area is 136 Å². The molecule has 0 bridgehead atoms. The normalized spacial score (nSPS) is 17.3. The first-order valence-electron chi connectivity index (χ1n) is 8.80. The smallest absolute Gasteiger partial charge is 0.121 e. The van der Waals surface area contributed by atoms with Gasteiger partial charge in [-0.15, -0.1) is 0 Å². The summed E-state index contributed by atoms with van der Waals surface area (Å²) in [4.78, 5) is 0. The van der Waals surface area contributed by atoms with Crippen molar-refractivity contribution in [1.29, 1.82) is 0 Å². The van der Waals surface area contributed by atoms with E-state index >= 15 is 0 Å². The molecule has 120 valence electrons. The van der Waals surface area contributed by atoms with E-state index < -0.39 is 0 Å². The Kier molecular flexibility index (Phi) is 4.06. The average Bonchev–Trinajstić information content (AvgIpc) is 3.21. The molecule has 0 saturated heterocycles. The summed E-state index contributed by atoms with van der Waals surface area (Å²) in [6.45, 7) is 1.46. The fourth-order valence-electron chi connectivity index (χ4n) is 4.03. The molecule has 1 saturated carbocycles. The van der Waals surface area contributed by atoms with E-state index in [0.717, 1.165) is 12.6 Å². The lowest BCUT2D eigenvalue weighted by atomic mass is 10.2. The molecular formula is C20H25N2O+. The number of benzene rings is 2. The summed E-state index contributed by atoms with van der Waals surface area (Å²) in [7, 11) is 0. The fourth-order valence-corrected chi connectivity index (χ4v) is 4.03. The Balaban J connectivity index is 1.59. The number of aromatic nitrogens is 1. The minimum Gasteiger partial charge on any atom is -0.385 e. The molecule has 1 aromatic heterocycles. The molecule has 3 nitrogen and oxygen atoms in total. The highest BCUT2D eigenvalue weighted by Crippen LogP contribution is 2.28. The lowest BCUT2D eigenvalue weighted by Gasteiger charge is -2.15. The largest absolute Gasteiger partial charge is 0.385 e. The molecule has 3 N–H and O–H groups in total. The van der Waals surface area contributed by atoms with Gasteiger partial charge in [0.25, 0.3) is 0 Å². The standard InChI is InChI=1S/C20H24N2O/c23-16(13-21-15-7-1-2-8-15)14-22-19-11-5-3-9-17(19)18-10-4-6-12-20(18)22/h3-6,9-12,15-16,21,23H,1-2,7-8,13-14H2/p+1/t16-/m0/s1. The molecule has 0 radical (unpaired) electrons. The van der Waals surface area contributed by atoms with Gasteiger partial charge in [-0.1, -0.05) is 36.4 Å². The molecule has 4 rings (SSSR count). The molecule has 1 atom stereocenters. The van der Waals surface area contributed by atoms with Crippen molar-refractivity contribution in [3.8, 4) is 0 Å². The number of aliphatic hydroxyl groups is 1. The number of quaternary nitrogens is 1. The van der Waals surface area contributed by atoms with Crippen molar-refractivity contribution in [3.05, 3.63) is 48.5 Å². The third kappa shape index (κ3) is 2.87. The lowest BCUT2D eigenvalue weighted by molar-refractivity contribution is -0.693. The second-order valence-electron chi connectivity index (χ2n) is 6.81. The van der Waals surface area contributed by atoms with Gasteiger partial charge in [0.15, 0.2) is 0 Å². The number of hydrogen-bond donors (Lipinski definition) is 2. The molecule has 0 aliphatic heterocycles. The number of aliphatic hydroxyl groups excluding tert-OH is 1. The van der Waals surface area contributed by atoms with Crippen molar-refractivity contribution in [2.45, 2.75) is 44.4 Å². The summed E-state index contributed by atoms with van der Waals surface area (Å²) >= 11 is 0. The Morgan fingerprint density at radius 1 is 0.957 bits per heavy atom. The van der Waals surface area contributed by atoms with E-state index in [4.69, 9.17) is 0 Å². The second kappa shape index (κ2) is 6.34. The number of para-hydroxylation sites is 2. The van der Waals surface area contributed by atoms with Crippen molar-refractivity contribution in [1.82, 2.24) is 4.57 Å². The SMILES string of the molecule is O[C@@H](C[NH2+]C1CCCC1)Cn1c2ccccc2c2ccccc21. The first-order chi connectivity index (χ1) is 11.3. The number of hydrogen-bond acceptors (Lipinski definition) is 1. The lowest BCUT2D eigenvalue weighted by Crippen LogP contribution is -2.91. The van der Waals surface area contributed by atoms with Crippen LogP contribution in [0.25, 0.3) is 21.8 Å². The molecule has 1 aliphatic carbocycles. The monoisotopic (exact) mass is 309 g/mol. The van der Waals surface area contributed by atoms with Gasteiger partial charge >= 0.3 is 0 Å². The van der Waals surface area contributed by atoms with Crippen LogP contribution in [0.3, 0.4) is 0 Å². The first kappa shape index (κ1) is 14.7. The number of nitrogens with two attached hydrogens (primary N) is 1. The zero-order chi connectivity index (χ0) is 15.6. The number of nitrogens with zero attached hydrogens (tertiary/aromatic N) is 1. The highest BCUT2D eigenvalue weighted by Gasteiger charge is 2.20. The highest BCUT2D eigenvalue weighted by atomic mass is 16.3. The summed E-state index contributed by atoms with van der Waals surface area (Å²) < 4.78 is 2.28. The number of fused-ring (bicyclic) bond motifs is 3. The molecule has 1 aliphatic rings. The van der Waals surface area contributed by atoms with Gasteiger partial charge in [0.05, 0.1) is 12.6 Å². The van der Waals surface area contributed by atoms with Gasteiger partial charge in [0.1, 0.15) is 12.6 Å².